The second kappa shape index (κ2) is 7.22. The van der Waals surface area contributed by atoms with E-state index in [1.54, 1.807) is 0 Å². The summed E-state index contributed by atoms with van der Waals surface area (Å²) in [5, 5.41) is 6.97. The number of hydrogen-bond acceptors (Lipinski definition) is 4. The summed E-state index contributed by atoms with van der Waals surface area (Å²) in [6, 6.07) is 0.503. The summed E-state index contributed by atoms with van der Waals surface area (Å²) in [7, 11) is 0. The monoisotopic (exact) mass is 228 g/mol. The number of morpholine rings is 1. The molecule has 94 valence electrons. The van der Waals surface area contributed by atoms with Gasteiger partial charge in [0.15, 0.2) is 0 Å². The number of hydrogen-bond donors (Lipinski definition) is 2. The molecule has 16 heavy (non-hydrogen) atoms. The van der Waals surface area contributed by atoms with Crippen molar-refractivity contribution in [3.05, 3.63) is 0 Å². The second-order valence-electron chi connectivity index (χ2n) is 4.77. The molecular weight excluding hydrogens is 204 g/mol. The van der Waals surface area contributed by atoms with Crippen molar-refractivity contribution in [2.45, 2.75) is 25.3 Å². The van der Waals surface area contributed by atoms with Crippen molar-refractivity contribution < 1.29 is 9.47 Å². The summed E-state index contributed by atoms with van der Waals surface area (Å²) >= 11 is 0. The molecule has 0 amide bonds. The van der Waals surface area contributed by atoms with Crippen LogP contribution in [0, 0.1) is 5.92 Å². The molecule has 2 heterocycles. The van der Waals surface area contributed by atoms with E-state index in [0.29, 0.717) is 6.04 Å². The maximum atomic E-state index is 5.41. The molecule has 2 aliphatic heterocycles. The van der Waals surface area contributed by atoms with E-state index < -0.39 is 0 Å². The number of ether oxygens (including phenoxy) is 2. The standard InChI is InChI=1S/C12H24N2O2/c1(11-2-6-15-7-3-11)4-13-9-12-10-16-8-5-14-12/h11-14H,1-10H2. The Balaban J connectivity index is 1.47. The molecular formula is C12H24N2O2. The zero-order chi connectivity index (χ0) is 11.1. The fourth-order valence-electron chi connectivity index (χ4n) is 2.37. The van der Waals surface area contributed by atoms with Gasteiger partial charge >= 0.3 is 0 Å². The van der Waals surface area contributed by atoms with Crippen molar-refractivity contribution in [2.75, 3.05) is 46.1 Å². The van der Waals surface area contributed by atoms with Crippen LogP contribution in [0.5, 0.6) is 0 Å². The average Bonchev–Trinajstić information content (AvgIpc) is 2.37. The van der Waals surface area contributed by atoms with E-state index in [9.17, 15) is 0 Å². The van der Waals surface area contributed by atoms with Gasteiger partial charge in [0.2, 0.25) is 0 Å². The largest absolute Gasteiger partial charge is 0.381 e. The van der Waals surface area contributed by atoms with Gasteiger partial charge in [-0.15, -0.1) is 0 Å². The van der Waals surface area contributed by atoms with Crippen molar-refractivity contribution in [1.82, 2.24) is 10.6 Å². The van der Waals surface area contributed by atoms with Crippen molar-refractivity contribution in [3.8, 4) is 0 Å². The molecule has 2 saturated heterocycles. The summed E-state index contributed by atoms with van der Waals surface area (Å²) in [5.41, 5.74) is 0. The summed E-state index contributed by atoms with van der Waals surface area (Å²) in [6.07, 6.45) is 3.77. The van der Waals surface area contributed by atoms with Gasteiger partial charge in [0.05, 0.1) is 13.2 Å². The first kappa shape index (κ1) is 12.3. The van der Waals surface area contributed by atoms with Gasteiger partial charge in [0, 0.05) is 32.3 Å². The van der Waals surface area contributed by atoms with Gasteiger partial charge in [0.25, 0.3) is 0 Å². The first-order valence-corrected chi connectivity index (χ1v) is 6.55. The number of nitrogens with one attached hydrogen (secondary N) is 2. The van der Waals surface area contributed by atoms with Crippen LogP contribution in [0.2, 0.25) is 0 Å². The predicted molar refractivity (Wildman–Crippen MR) is 63.6 cm³/mol. The van der Waals surface area contributed by atoms with Crippen LogP contribution in [0.15, 0.2) is 0 Å². The van der Waals surface area contributed by atoms with Crippen LogP contribution in [0.4, 0.5) is 0 Å². The van der Waals surface area contributed by atoms with Crippen LogP contribution < -0.4 is 10.6 Å². The first-order valence-electron chi connectivity index (χ1n) is 6.55. The molecule has 2 fully saturated rings. The third-order valence-corrected chi connectivity index (χ3v) is 3.46. The molecule has 0 aromatic rings. The average molecular weight is 228 g/mol. The van der Waals surface area contributed by atoms with Crippen LogP contribution in [-0.2, 0) is 9.47 Å². The summed E-state index contributed by atoms with van der Waals surface area (Å²) in [5.74, 6) is 0.872. The normalized spacial score (nSPS) is 28.1. The topological polar surface area (TPSA) is 42.5 Å². The molecule has 4 nitrogen and oxygen atoms in total. The molecule has 4 heteroatoms. The van der Waals surface area contributed by atoms with Crippen molar-refractivity contribution in [2.24, 2.45) is 5.92 Å². The van der Waals surface area contributed by atoms with E-state index in [4.69, 9.17) is 9.47 Å². The molecule has 2 N–H and O–H groups in total. The van der Waals surface area contributed by atoms with Crippen LogP contribution >= 0.6 is 0 Å². The van der Waals surface area contributed by atoms with Gasteiger partial charge in [-0.3, -0.25) is 0 Å². The van der Waals surface area contributed by atoms with Crippen molar-refractivity contribution >= 4 is 0 Å². The Kier molecular flexibility index (Phi) is 5.55. The molecule has 0 radical (unpaired) electrons. The molecule has 0 aromatic heterocycles. The Morgan fingerprint density at radius 2 is 2.00 bits per heavy atom. The molecule has 0 aromatic carbocycles. The lowest BCUT2D eigenvalue weighted by atomic mass is 9.97. The smallest absolute Gasteiger partial charge is 0.0632 e. The maximum Gasteiger partial charge on any atom is 0.0632 e. The number of rotatable bonds is 5. The first-order chi connectivity index (χ1) is 7.95. The lowest BCUT2D eigenvalue weighted by Crippen LogP contribution is -2.47. The summed E-state index contributed by atoms with van der Waals surface area (Å²) in [4.78, 5) is 0. The van der Waals surface area contributed by atoms with E-state index in [1.807, 2.05) is 0 Å². The lowest BCUT2D eigenvalue weighted by Gasteiger charge is -2.25. The van der Waals surface area contributed by atoms with Gasteiger partial charge in [0.1, 0.15) is 0 Å². The highest BCUT2D eigenvalue weighted by Gasteiger charge is 2.14. The predicted octanol–water partition coefficient (Wildman–Crippen LogP) is 0.381. The minimum atomic E-state index is 0.503. The zero-order valence-corrected chi connectivity index (χ0v) is 10.0. The van der Waals surface area contributed by atoms with Crippen LogP contribution in [0.1, 0.15) is 19.3 Å². The second-order valence-corrected chi connectivity index (χ2v) is 4.77. The molecule has 0 spiro atoms. The quantitative estimate of drug-likeness (QED) is 0.668. The lowest BCUT2D eigenvalue weighted by molar-refractivity contribution is 0.0628. The minimum absolute atomic E-state index is 0.503. The molecule has 0 aliphatic carbocycles. The van der Waals surface area contributed by atoms with Crippen molar-refractivity contribution in [3.63, 3.8) is 0 Å². The van der Waals surface area contributed by atoms with E-state index >= 15 is 0 Å². The van der Waals surface area contributed by atoms with Crippen LogP contribution in [-0.4, -0.2) is 52.1 Å². The van der Waals surface area contributed by atoms with Gasteiger partial charge < -0.3 is 20.1 Å². The highest BCUT2D eigenvalue weighted by molar-refractivity contribution is 4.73. The Labute approximate surface area is 98.1 Å². The third kappa shape index (κ3) is 4.37. The minimum Gasteiger partial charge on any atom is -0.381 e. The highest BCUT2D eigenvalue weighted by Crippen LogP contribution is 2.17. The van der Waals surface area contributed by atoms with E-state index in [0.717, 1.165) is 52.0 Å². The van der Waals surface area contributed by atoms with Crippen LogP contribution in [0.3, 0.4) is 0 Å². The molecule has 0 saturated carbocycles. The molecule has 2 rings (SSSR count). The molecule has 1 atom stereocenters. The third-order valence-electron chi connectivity index (χ3n) is 3.46. The van der Waals surface area contributed by atoms with Gasteiger partial charge in [-0.1, -0.05) is 0 Å². The molecule has 1 unspecified atom stereocenters. The SMILES string of the molecule is C(CC1CCOCC1)NCC1COCCN1. The zero-order valence-electron chi connectivity index (χ0n) is 10.0. The van der Waals surface area contributed by atoms with E-state index in [-0.39, 0.29) is 0 Å². The fraction of sp³-hybridized carbons (Fsp3) is 1.00. The summed E-state index contributed by atoms with van der Waals surface area (Å²) in [6.45, 7) is 6.78. The molecule has 2 aliphatic rings. The van der Waals surface area contributed by atoms with Gasteiger partial charge in [-0.05, 0) is 31.7 Å². The van der Waals surface area contributed by atoms with E-state index in [2.05, 4.69) is 10.6 Å². The summed E-state index contributed by atoms with van der Waals surface area (Å²) < 4.78 is 10.8. The Hall–Kier alpha value is -0.160. The Bertz CT molecular complexity index is 158. The highest BCUT2D eigenvalue weighted by atomic mass is 16.5. The van der Waals surface area contributed by atoms with E-state index in [1.165, 1.54) is 19.3 Å². The Morgan fingerprint density at radius 1 is 1.12 bits per heavy atom. The van der Waals surface area contributed by atoms with Crippen LogP contribution in [0.25, 0.3) is 0 Å². The maximum absolute atomic E-state index is 5.41. The fourth-order valence-corrected chi connectivity index (χ4v) is 2.37. The van der Waals surface area contributed by atoms with Crippen molar-refractivity contribution in [1.29, 1.82) is 0 Å². The van der Waals surface area contributed by atoms with Gasteiger partial charge in [-0.25, -0.2) is 0 Å². The Morgan fingerprint density at radius 3 is 2.75 bits per heavy atom. The van der Waals surface area contributed by atoms with Gasteiger partial charge in [-0.2, -0.15) is 0 Å². The molecule has 0 bridgehead atoms.